The van der Waals surface area contributed by atoms with Gasteiger partial charge < -0.3 is 5.32 Å². The zero-order valence-electron chi connectivity index (χ0n) is 12.8. The predicted octanol–water partition coefficient (Wildman–Crippen LogP) is 1.55. The molecule has 1 aromatic heterocycles. The van der Waals surface area contributed by atoms with E-state index in [1.165, 1.54) is 11.0 Å². The van der Waals surface area contributed by atoms with Gasteiger partial charge in [-0.05, 0) is 12.5 Å². The van der Waals surface area contributed by atoms with E-state index in [1.807, 2.05) is 33.0 Å². The van der Waals surface area contributed by atoms with Crippen LogP contribution < -0.4 is 10.8 Å². The van der Waals surface area contributed by atoms with Crippen molar-refractivity contribution in [2.75, 3.05) is 5.32 Å². The first kappa shape index (κ1) is 15.8. The molecule has 19 heavy (non-hydrogen) atoms. The number of pyridine rings is 1. The first-order valence-corrected chi connectivity index (χ1v) is 7.23. The van der Waals surface area contributed by atoms with Crippen molar-refractivity contribution in [2.24, 2.45) is 5.41 Å². The van der Waals surface area contributed by atoms with Crippen molar-refractivity contribution in [3.8, 4) is 0 Å². The molecule has 0 aromatic carbocycles. The molecule has 0 radical (unpaired) electrons. The van der Waals surface area contributed by atoms with Crippen molar-refractivity contribution in [3.63, 3.8) is 0 Å². The van der Waals surface area contributed by atoms with Crippen LogP contribution in [0.25, 0.3) is 0 Å². The second-order valence-electron chi connectivity index (χ2n) is 5.63. The average Bonchev–Trinajstić information content (AvgIpc) is 2.39. The number of rotatable bonds is 6. The molecule has 1 rings (SSSR count). The summed E-state index contributed by atoms with van der Waals surface area (Å²) in [5.74, 6) is 0.710. The molecule has 3 nitrogen and oxygen atoms in total. The topological polar surface area (TPSA) is 42.0 Å². The van der Waals surface area contributed by atoms with Crippen LogP contribution in [0, 0.1) is 5.41 Å². The number of nitrogens with zero attached hydrogens (tertiary/aromatic N) is 1. The highest BCUT2D eigenvalue weighted by Gasteiger charge is 2.25. The van der Waals surface area contributed by atoms with Crippen LogP contribution >= 0.6 is 0 Å². The summed E-state index contributed by atoms with van der Waals surface area (Å²) in [5.41, 5.74) is 2.22. The Kier molecular flexibility index (Phi) is 5.64. The fraction of sp³-hybridized carbons (Fsp3) is 0.571. The summed E-state index contributed by atoms with van der Waals surface area (Å²) in [6, 6.07) is 2.02. The van der Waals surface area contributed by atoms with Crippen molar-refractivity contribution in [1.82, 2.24) is 4.98 Å². The normalized spacial score (nSPS) is 11.0. The molecule has 5 heteroatoms. The van der Waals surface area contributed by atoms with Crippen LogP contribution in [-0.2, 0) is 11.1 Å². The van der Waals surface area contributed by atoms with Crippen molar-refractivity contribution in [1.29, 1.82) is 0 Å². The van der Waals surface area contributed by atoms with E-state index in [0.717, 1.165) is 27.3 Å². The standard InChI is InChI=1S/C14H24B2N2O/c1-6-14(2,3)13(19)18-12-7-10(8-15-4)11(16-5)9-17-12/h7,9,15-16H,6,8H2,1-5H3,(H,17,18,19). The molecule has 102 valence electrons. The van der Waals surface area contributed by atoms with Gasteiger partial charge in [-0.3, -0.25) is 4.79 Å². The molecule has 1 N–H and O–H groups in total. The average molecular weight is 258 g/mol. The Morgan fingerprint density at radius 1 is 1.42 bits per heavy atom. The molecule has 0 bridgehead atoms. The van der Waals surface area contributed by atoms with Gasteiger partial charge in [0.05, 0.1) is 0 Å². The SMILES string of the molecule is CBCc1cc(NC(=O)C(C)(C)CC)ncc1BC. The molecular formula is C14H24B2N2O. The largest absolute Gasteiger partial charge is 0.310 e. The Morgan fingerprint density at radius 3 is 2.63 bits per heavy atom. The maximum atomic E-state index is 12.1. The van der Waals surface area contributed by atoms with Gasteiger partial charge in [-0.2, -0.15) is 0 Å². The van der Waals surface area contributed by atoms with Crippen LogP contribution in [0.2, 0.25) is 13.6 Å². The molecule has 0 saturated heterocycles. The summed E-state index contributed by atoms with van der Waals surface area (Å²) in [5, 5.41) is 2.93. The summed E-state index contributed by atoms with van der Waals surface area (Å²) in [7, 11) is 2.09. The van der Waals surface area contributed by atoms with Crippen LogP contribution in [0.1, 0.15) is 32.8 Å². The lowest BCUT2D eigenvalue weighted by atomic mass is 9.66. The lowest BCUT2D eigenvalue weighted by Crippen LogP contribution is -2.31. The summed E-state index contributed by atoms with van der Waals surface area (Å²) >= 11 is 0. The van der Waals surface area contributed by atoms with Crippen LogP contribution in [0.3, 0.4) is 0 Å². The maximum absolute atomic E-state index is 12.1. The first-order valence-electron chi connectivity index (χ1n) is 7.23. The van der Waals surface area contributed by atoms with E-state index in [9.17, 15) is 4.79 Å². The van der Waals surface area contributed by atoms with Crippen molar-refractivity contribution >= 4 is 31.7 Å². The third kappa shape index (κ3) is 4.12. The van der Waals surface area contributed by atoms with E-state index in [1.54, 1.807) is 0 Å². The van der Waals surface area contributed by atoms with E-state index >= 15 is 0 Å². The Hall–Kier alpha value is -1.25. The Morgan fingerprint density at radius 2 is 2.11 bits per heavy atom. The fourth-order valence-electron chi connectivity index (χ4n) is 1.86. The van der Waals surface area contributed by atoms with Crippen molar-refractivity contribution in [3.05, 3.63) is 17.8 Å². The van der Waals surface area contributed by atoms with Gasteiger partial charge in [-0.15, -0.1) is 0 Å². The molecule has 0 unspecified atom stereocenters. The van der Waals surface area contributed by atoms with Crippen LogP contribution in [0.5, 0.6) is 0 Å². The third-order valence-corrected chi connectivity index (χ3v) is 3.72. The van der Waals surface area contributed by atoms with Gasteiger partial charge in [0.1, 0.15) is 13.1 Å². The number of hydrogen-bond acceptors (Lipinski definition) is 2. The monoisotopic (exact) mass is 258 g/mol. The minimum Gasteiger partial charge on any atom is -0.310 e. The zero-order chi connectivity index (χ0) is 14.5. The highest BCUT2D eigenvalue weighted by atomic mass is 16.2. The number of nitrogens with one attached hydrogen (secondary N) is 1. The minimum absolute atomic E-state index is 0.0363. The predicted molar refractivity (Wildman–Crippen MR) is 86.3 cm³/mol. The minimum atomic E-state index is -0.351. The van der Waals surface area contributed by atoms with Gasteiger partial charge in [-0.1, -0.05) is 51.8 Å². The van der Waals surface area contributed by atoms with E-state index < -0.39 is 0 Å². The van der Waals surface area contributed by atoms with Crippen LogP contribution in [0.4, 0.5) is 5.82 Å². The van der Waals surface area contributed by atoms with E-state index in [0.29, 0.717) is 5.82 Å². The number of aromatic nitrogens is 1. The molecule has 0 aliphatic heterocycles. The van der Waals surface area contributed by atoms with Crippen LogP contribution in [-0.4, -0.2) is 25.5 Å². The third-order valence-electron chi connectivity index (χ3n) is 3.72. The molecule has 1 aromatic rings. The van der Waals surface area contributed by atoms with Gasteiger partial charge in [0, 0.05) is 11.6 Å². The summed E-state index contributed by atoms with van der Waals surface area (Å²) in [6.45, 7) is 10.2. The number of amides is 1. The smallest absolute Gasteiger partial charge is 0.231 e. The molecule has 0 aliphatic rings. The second kappa shape index (κ2) is 6.78. The molecule has 1 heterocycles. The quantitative estimate of drug-likeness (QED) is 0.786. The molecule has 0 aliphatic carbocycles. The van der Waals surface area contributed by atoms with Crippen molar-refractivity contribution in [2.45, 2.75) is 47.2 Å². The second-order valence-corrected chi connectivity index (χ2v) is 5.63. The van der Waals surface area contributed by atoms with E-state index in [2.05, 4.69) is 23.9 Å². The number of carbonyl (C=O) groups excluding carboxylic acids is 1. The lowest BCUT2D eigenvalue weighted by molar-refractivity contribution is -0.124. The highest BCUT2D eigenvalue weighted by molar-refractivity contribution is 6.53. The van der Waals surface area contributed by atoms with Gasteiger partial charge in [0.15, 0.2) is 7.28 Å². The Labute approximate surface area is 118 Å². The fourth-order valence-corrected chi connectivity index (χ4v) is 1.86. The van der Waals surface area contributed by atoms with Crippen molar-refractivity contribution < 1.29 is 4.79 Å². The summed E-state index contributed by atoms with van der Waals surface area (Å²) < 4.78 is 0. The van der Waals surface area contributed by atoms with Crippen LogP contribution in [0.15, 0.2) is 12.3 Å². The zero-order valence-corrected chi connectivity index (χ0v) is 12.8. The Balaban J connectivity index is 2.91. The number of hydrogen-bond donors (Lipinski definition) is 1. The van der Waals surface area contributed by atoms with Gasteiger partial charge in [0.2, 0.25) is 5.91 Å². The molecule has 0 saturated carbocycles. The molecule has 0 fully saturated rings. The molecular weight excluding hydrogens is 234 g/mol. The number of carbonyl (C=O) groups is 1. The van der Waals surface area contributed by atoms with Gasteiger partial charge >= 0.3 is 0 Å². The first-order chi connectivity index (χ1) is 8.94. The lowest BCUT2D eigenvalue weighted by Gasteiger charge is -2.21. The number of anilines is 1. The molecule has 0 spiro atoms. The maximum Gasteiger partial charge on any atom is 0.231 e. The van der Waals surface area contributed by atoms with Gasteiger partial charge in [0.25, 0.3) is 0 Å². The summed E-state index contributed by atoms with van der Waals surface area (Å²) in [4.78, 5) is 16.5. The Bertz CT molecular complexity index is 447. The van der Waals surface area contributed by atoms with E-state index in [-0.39, 0.29) is 11.3 Å². The van der Waals surface area contributed by atoms with E-state index in [4.69, 9.17) is 0 Å². The highest BCUT2D eigenvalue weighted by Crippen LogP contribution is 2.21. The molecule has 0 atom stereocenters. The van der Waals surface area contributed by atoms with Gasteiger partial charge in [-0.25, -0.2) is 4.98 Å². The summed E-state index contributed by atoms with van der Waals surface area (Å²) in [6.07, 6.45) is 3.74. The molecule has 1 amide bonds.